The van der Waals surface area contributed by atoms with Gasteiger partial charge in [0.05, 0.1) is 0 Å². The van der Waals surface area contributed by atoms with E-state index >= 15 is 0 Å². The number of carbonyl (C=O) groups excluding carboxylic acids is 1. The minimum Gasteiger partial charge on any atom is -0.367 e. The lowest BCUT2D eigenvalue weighted by Gasteiger charge is -2.33. The van der Waals surface area contributed by atoms with E-state index in [9.17, 15) is 9.18 Å². The summed E-state index contributed by atoms with van der Waals surface area (Å²) < 4.78 is 14.2. The molecule has 0 aliphatic heterocycles. The largest absolute Gasteiger partial charge is 0.367 e. The first-order valence-electron chi connectivity index (χ1n) is 6.90. The highest BCUT2D eigenvalue weighted by atomic mass is 19.1. The molecule has 0 bridgehead atoms. The van der Waals surface area contributed by atoms with Gasteiger partial charge in [0, 0.05) is 11.3 Å². The summed E-state index contributed by atoms with van der Waals surface area (Å²) in [6.45, 7) is 3.73. The van der Waals surface area contributed by atoms with E-state index in [0.29, 0.717) is 6.42 Å². The van der Waals surface area contributed by atoms with Gasteiger partial charge in [-0.2, -0.15) is 0 Å². The van der Waals surface area contributed by atoms with Crippen molar-refractivity contribution in [2.24, 2.45) is 5.73 Å². The summed E-state index contributed by atoms with van der Waals surface area (Å²) in [5, 5.41) is 3.15. The summed E-state index contributed by atoms with van der Waals surface area (Å²) in [7, 11) is 0. The number of amides is 1. The average Bonchev–Trinajstić information content (AvgIpc) is 2.47. The van der Waals surface area contributed by atoms with Crippen molar-refractivity contribution < 1.29 is 9.18 Å². The van der Waals surface area contributed by atoms with Crippen LogP contribution in [0.3, 0.4) is 0 Å². The van der Waals surface area contributed by atoms with Crippen molar-refractivity contribution in [1.29, 1.82) is 0 Å². The second-order valence-corrected chi connectivity index (χ2v) is 5.04. The van der Waals surface area contributed by atoms with E-state index in [0.717, 1.165) is 11.3 Å². The number of benzene rings is 2. The van der Waals surface area contributed by atoms with E-state index in [4.69, 9.17) is 5.73 Å². The fourth-order valence-corrected chi connectivity index (χ4v) is 2.47. The number of halogens is 1. The van der Waals surface area contributed by atoms with Crippen molar-refractivity contribution >= 4 is 11.6 Å². The fourth-order valence-electron chi connectivity index (χ4n) is 2.47. The normalized spacial score (nSPS) is 13.5. The molecule has 0 aromatic heterocycles. The molecule has 21 heavy (non-hydrogen) atoms. The number of anilines is 1. The summed E-state index contributed by atoms with van der Waals surface area (Å²) in [5.41, 5.74) is 6.34. The van der Waals surface area contributed by atoms with Gasteiger partial charge in [-0.25, -0.2) is 4.39 Å². The molecule has 1 atom stereocenters. The lowest BCUT2D eigenvalue weighted by Crippen LogP contribution is -2.48. The highest BCUT2D eigenvalue weighted by Crippen LogP contribution is 2.32. The van der Waals surface area contributed by atoms with E-state index in [-0.39, 0.29) is 5.56 Å². The van der Waals surface area contributed by atoms with Gasteiger partial charge in [-0.05, 0) is 31.0 Å². The third-order valence-electron chi connectivity index (χ3n) is 3.78. The Hall–Kier alpha value is -2.36. The first-order valence-corrected chi connectivity index (χ1v) is 6.90. The van der Waals surface area contributed by atoms with Crippen LogP contribution in [0.1, 0.15) is 24.5 Å². The van der Waals surface area contributed by atoms with Gasteiger partial charge in [0.15, 0.2) is 0 Å². The van der Waals surface area contributed by atoms with Gasteiger partial charge < -0.3 is 11.1 Å². The zero-order valence-corrected chi connectivity index (χ0v) is 12.2. The first kappa shape index (κ1) is 15.0. The number of hydrogen-bond donors (Lipinski definition) is 2. The molecular formula is C17H19FN2O. The second kappa shape index (κ2) is 5.95. The molecule has 2 rings (SSSR count). The molecular weight excluding hydrogens is 267 g/mol. The highest BCUT2D eigenvalue weighted by molar-refractivity contribution is 5.89. The number of para-hydroxylation sites is 1. The van der Waals surface area contributed by atoms with Crippen LogP contribution in [0.2, 0.25) is 0 Å². The van der Waals surface area contributed by atoms with Gasteiger partial charge in [0.25, 0.3) is 0 Å². The van der Waals surface area contributed by atoms with Gasteiger partial charge in [0.1, 0.15) is 11.4 Å². The molecule has 3 N–H and O–H groups in total. The number of hydrogen-bond acceptors (Lipinski definition) is 2. The molecule has 0 aliphatic rings. The molecule has 0 spiro atoms. The maximum atomic E-state index is 14.2. The molecule has 0 aliphatic carbocycles. The van der Waals surface area contributed by atoms with E-state index in [2.05, 4.69) is 5.32 Å². The van der Waals surface area contributed by atoms with Crippen molar-refractivity contribution in [3.63, 3.8) is 0 Å². The van der Waals surface area contributed by atoms with Crippen LogP contribution in [0.5, 0.6) is 0 Å². The first-order chi connectivity index (χ1) is 10.0. The lowest BCUT2D eigenvalue weighted by molar-refractivity contribution is -0.122. The van der Waals surface area contributed by atoms with Crippen LogP contribution in [0, 0.1) is 12.7 Å². The van der Waals surface area contributed by atoms with Crippen LogP contribution < -0.4 is 11.1 Å². The molecule has 2 aromatic carbocycles. The Kier molecular flexibility index (Phi) is 4.26. The number of primary amides is 1. The van der Waals surface area contributed by atoms with Gasteiger partial charge >= 0.3 is 0 Å². The van der Waals surface area contributed by atoms with Crippen molar-refractivity contribution in [2.75, 3.05) is 5.32 Å². The Balaban J connectivity index is 2.56. The predicted octanol–water partition coefficient (Wildman–Crippen LogP) is 3.34. The summed E-state index contributed by atoms with van der Waals surface area (Å²) >= 11 is 0. The highest BCUT2D eigenvalue weighted by Gasteiger charge is 2.39. The Morgan fingerprint density at radius 1 is 1.19 bits per heavy atom. The lowest BCUT2D eigenvalue weighted by atomic mass is 9.85. The molecule has 1 amide bonds. The zero-order valence-electron chi connectivity index (χ0n) is 12.2. The minimum absolute atomic E-state index is 0.267. The van der Waals surface area contributed by atoms with E-state index in [1.807, 2.05) is 38.1 Å². The van der Waals surface area contributed by atoms with E-state index < -0.39 is 17.3 Å². The molecule has 1 unspecified atom stereocenters. The molecule has 3 nitrogen and oxygen atoms in total. The molecule has 0 saturated heterocycles. The molecule has 4 heteroatoms. The molecule has 110 valence electrons. The molecule has 0 saturated carbocycles. The van der Waals surface area contributed by atoms with Crippen LogP contribution in [0.25, 0.3) is 0 Å². The summed E-state index contributed by atoms with van der Waals surface area (Å²) in [6.07, 6.45) is 0.345. The molecule has 2 aromatic rings. The maximum absolute atomic E-state index is 14.2. The third-order valence-corrected chi connectivity index (χ3v) is 3.78. The van der Waals surface area contributed by atoms with Crippen molar-refractivity contribution in [2.45, 2.75) is 25.8 Å². The van der Waals surface area contributed by atoms with Crippen molar-refractivity contribution in [3.8, 4) is 0 Å². The minimum atomic E-state index is -1.27. The number of rotatable bonds is 5. The third kappa shape index (κ3) is 2.75. The Labute approximate surface area is 124 Å². The summed E-state index contributed by atoms with van der Waals surface area (Å²) in [5.74, 6) is -1.04. The number of aryl methyl sites for hydroxylation is 1. The van der Waals surface area contributed by atoms with Gasteiger partial charge in [-0.3, -0.25) is 4.79 Å². The molecule has 0 heterocycles. The van der Waals surface area contributed by atoms with Crippen LogP contribution in [-0.2, 0) is 10.3 Å². The standard InChI is InChI=1S/C17H19FN2O/c1-3-17(16(19)21,13-9-5-6-10-14(13)18)20-15-11-7-4-8-12(15)2/h4-11,20H,3H2,1-2H3,(H2,19,21). The molecule has 0 radical (unpaired) electrons. The monoisotopic (exact) mass is 286 g/mol. The Morgan fingerprint density at radius 2 is 1.81 bits per heavy atom. The SMILES string of the molecule is CCC(Nc1ccccc1C)(C(N)=O)c1ccccc1F. The summed E-state index contributed by atoms with van der Waals surface area (Å²) in [6, 6.07) is 13.8. The van der Waals surface area contributed by atoms with Crippen molar-refractivity contribution in [1.82, 2.24) is 0 Å². The average molecular weight is 286 g/mol. The topological polar surface area (TPSA) is 55.1 Å². The van der Waals surface area contributed by atoms with E-state index in [1.54, 1.807) is 18.2 Å². The van der Waals surface area contributed by atoms with Gasteiger partial charge in [0.2, 0.25) is 5.91 Å². The maximum Gasteiger partial charge on any atom is 0.247 e. The molecule has 0 fully saturated rings. The van der Waals surface area contributed by atoms with Crippen LogP contribution in [-0.4, -0.2) is 5.91 Å². The quantitative estimate of drug-likeness (QED) is 0.885. The van der Waals surface area contributed by atoms with E-state index in [1.165, 1.54) is 6.07 Å². The van der Waals surface area contributed by atoms with Crippen LogP contribution >= 0.6 is 0 Å². The number of nitrogens with one attached hydrogen (secondary N) is 1. The number of nitrogens with two attached hydrogens (primary N) is 1. The zero-order chi connectivity index (χ0) is 15.5. The fraction of sp³-hybridized carbons (Fsp3) is 0.235. The Bertz CT molecular complexity index is 657. The van der Waals surface area contributed by atoms with Crippen LogP contribution in [0.15, 0.2) is 48.5 Å². The van der Waals surface area contributed by atoms with Gasteiger partial charge in [-0.15, -0.1) is 0 Å². The second-order valence-electron chi connectivity index (χ2n) is 5.04. The van der Waals surface area contributed by atoms with Crippen molar-refractivity contribution in [3.05, 3.63) is 65.5 Å². The number of carbonyl (C=O) groups is 1. The predicted molar refractivity (Wildman–Crippen MR) is 82.4 cm³/mol. The van der Waals surface area contributed by atoms with Gasteiger partial charge in [-0.1, -0.05) is 43.3 Å². The Morgan fingerprint density at radius 3 is 2.38 bits per heavy atom. The van der Waals surface area contributed by atoms with Crippen LogP contribution in [0.4, 0.5) is 10.1 Å². The smallest absolute Gasteiger partial charge is 0.247 e. The summed E-state index contributed by atoms with van der Waals surface area (Å²) in [4.78, 5) is 12.1.